The lowest BCUT2D eigenvalue weighted by molar-refractivity contribution is 0.0670. The molecule has 0 spiro atoms. The SMILES string of the molecule is O=C(c1c[nH]ccc1=O)N1CCCC(CCBr)C1. The number of likely N-dealkylation sites (tertiary alicyclic amines) is 1. The Morgan fingerprint density at radius 2 is 2.39 bits per heavy atom. The van der Waals surface area contributed by atoms with Gasteiger partial charge in [0.05, 0.1) is 0 Å². The molecule has 0 aliphatic carbocycles. The van der Waals surface area contributed by atoms with Gasteiger partial charge in [-0.05, 0) is 25.2 Å². The molecule has 1 N–H and O–H groups in total. The molecule has 18 heavy (non-hydrogen) atoms. The minimum Gasteiger partial charge on any atom is -0.367 e. The number of piperidine rings is 1. The summed E-state index contributed by atoms with van der Waals surface area (Å²) in [6.07, 6.45) is 6.31. The van der Waals surface area contributed by atoms with E-state index in [9.17, 15) is 9.59 Å². The van der Waals surface area contributed by atoms with Gasteiger partial charge in [0.2, 0.25) is 0 Å². The third kappa shape index (κ3) is 3.02. The topological polar surface area (TPSA) is 53.2 Å². The Hall–Kier alpha value is -1.10. The second kappa shape index (κ2) is 6.18. The lowest BCUT2D eigenvalue weighted by Crippen LogP contribution is -2.41. The number of nitrogens with zero attached hydrogens (tertiary/aromatic N) is 1. The molecule has 2 heterocycles. The predicted octanol–water partition coefficient (Wildman–Crippen LogP) is 2.01. The Morgan fingerprint density at radius 3 is 3.11 bits per heavy atom. The molecule has 4 nitrogen and oxygen atoms in total. The number of carbonyl (C=O) groups is 1. The van der Waals surface area contributed by atoms with E-state index < -0.39 is 0 Å². The van der Waals surface area contributed by atoms with Crippen molar-refractivity contribution in [2.75, 3.05) is 18.4 Å². The highest BCUT2D eigenvalue weighted by Gasteiger charge is 2.25. The lowest BCUT2D eigenvalue weighted by Gasteiger charge is -2.32. The van der Waals surface area contributed by atoms with Gasteiger partial charge in [-0.15, -0.1) is 0 Å². The number of pyridine rings is 1. The summed E-state index contributed by atoms with van der Waals surface area (Å²) in [6, 6.07) is 1.40. The van der Waals surface area contributed by atoms with E-state index in [-0.39, 0.29) is 16.9 Å². The van der Waals surface area contributed by atoms with Crippen LogP contribution in [0.5, 0.6) is 0 Å². The second-order valence-electron chi connectivity index (χ2n) is 4.66. The van der Waals surface area contributed by atoms with Crippen molar-refractivity contribution in [2.24, 2.45) is 5.92 Å². The summed E-state index contributed by atoms with van der Waals surface area (Å²) >= 11 is 3.44. The molecule has 1 unspecified atom stereocenters. The average Bonchev–Trinajstić information content (AvgIpc) is 2.39. The summed E-state index contributed by atoms with van der Waals surface area (Å²) in [7, 11) is 0. The van der Waals surface area contributed by atoms with Crippen molar-refractivity contribution in [2.45, 2.75) is 19.3 Å². The van der Waals surface area contributed by atoms with Crippen molar-refractivity contribution in [1.29, 1.82) is 0 Å². The highest BCUT2D eigenvalue weighted by atomic mass is 79.9. The van der Waals surface area contributed by atoms with Crippen molar-refractivity contribution in [3.63, 3.8) is 0 Å². The fourth-order valence-electron chi connectivity index (χ4n) is 2.39. The third-order valence-corrected chi connectivity index (χ3v) is 3.84. The van der Waals surface area contributed by atoms with Crippen LogP contribution in [0.1, 0.15) is 29.6 Å². The average molecular weight is 313 g/mol. The molecule has 0 bridgehead atoms. The Bertz CT molecular complexity index is 470. The molecule has 1 aliphatic rings. The van der Waals surface area contributed by atoms with Gasteiger partial charge in [-0.2, -0.15) is 0 Å². The third-order valence-electron chi connectivity index (χ3n) is 3.38. The van der Waals surface area contributed by atoms with E-state index in [0.717, 1.165) is 31.3 Å². The first-order valence-corrected chi connectivity index (χ1v) is 7.37. The van der Waals surface area contributed by atoms with Crippen LogP contribution >= 0.6 is 15.9 Å². The van der Waals surface area contributed by atoms with Gasteiger partial charge in [0.15, 0.2) is 5.43 Å². The first-order chi connectivity index (χ1) is 8.72. The number of alkyl halides is 1. The number of H-pyrrole nitrogens is 1. The molecular weight excluding hydrogens is 296 g/mol. The van der Waals surface area contributed by atoms with Crippen LogP contribution in [-0.2, 0) is 0 Å². The molecule has 1 aliphatic heterocycles. The Labute approximate surface area is 115 Å². The van der Waals surface area contributed by atoms with Gasteiger partial charge in [0, 0.05) is 36.9 Å². The highest BCUT2D eigenvalue weighted by molar-refractivity contribution is 9.09. The van der Waals surface area contributed by atoms with Gasteiger partial charge in [0.1, 0.15) is 5.56 Å². The van der Waals surface area contributed by atoms with E-state index in [1.54, 1.807) is 11.1 Å². The normalized spacial score (nSPS) is 19.8. The molecular formula is C13H17BrN2O2. The monoisotopic (exact) mass is 312 g/mol. The van der Waals surface area contributed by atoms with Crippen molar-refractivity contribution < 1.29 is 4.79 Å². The second-order valence-corrected chi connectivity index (χ2v) is 5.45. The zero-order valence-corrected chi connectivity index (χ0v) is 11.8. The van der Waals surface area contributed by atoms with Crippen molar-refractivity contribution in [3.05, 3.63) is 34.2 Å². The molecule has 1 atom stereocenters. The number of carbonyl (C=O) groups excluding carboxylic acids is 1. The number of nitrogens with one attached hydrogen (secondary N) is 1. The Kier molecular flexibility index (Phi) is 4.58. The summed E-state index contributed by atoms with van der Waals surface area (Å²) in [5.41, 5.74) is 0.0401. The molecule has 2 rings (SSSR count). The van der Waals surface area contributed by atoms with E-state index in [1.807, 2.05) is 0 Å². The molecule has 1 fully saturated rings. The number of aromatic amines is 1. The Morgan fingerprint density at radius 1 is 1.56 bits per heavy atom. The predicted molar refractivity (Wildman–Crippen MR) is 74.1 cm³/mol. The first-order valence-electron chi connectivity index (χ1n) is 6.24. The molecule has 5 heteroatoms. The van der Waals surface area contributed by atoms with Crippen LogP contribution < -0.4 is 5.43 Å². The molecule has 0 aromatic carbocycles. The van der Waals surface area contributed by atoms with Crippen LogP contribution in [0, 0.1) is 5.92 Å². The fraction of sp³-hybridized carbons (Fsp3) is 0.538. The highest BCUT2D eigenvalue weighted by Crippen LogP contribution is 2.21. The van der Waals surface area contributed by atoms with Crippen LogP contribution in [0.2, 0.25) is 0 Å². The zero-order valence-electron chi connectivity index (χ0n) is 10.2. The molecule has 0 saturated carbocycles. The van der Waals surface area contributed by atoms with Gasteiger partial charge >= 0.3 is 0 Å². The maximum Gasteiger partial charge on any atom is 0.259 e. The summed E-state index contributed by atoms with van der Waals surface area (Å²) in [4.78, 5) is 28.5. The summed E-state index contributed by atoms with van der Waals surface area (Å²) in [6.45, 7) is 1.52. The first kappa shape index (κ1) is 13.3. The number of rotatable bonds is 3. The van der Waals surface area contributed by atoms with Crippen LogP contribution in [0.15, 0.2) is 23.3 Å². The van der Waals surface area contributed by atoms with Crippen LogP contribution in [-0.4, -0.2) is 34.2 Å². The lowest BCUT2D eigenvalue weighted by atomic mass is 9.95. The molecule has 98 valence electrons. The van der Waals surface area contributed by atoms with Crippen LogP contribution in [0.3, 0.4) is 0 Å². The largest absolute Gasteiger partial charge is 0.367 e. The van der Waals surface area contributed by atoms with Crippen LogP contribution in [0.25, 0.3) is 0 Å². The van der Waals surface area contributed by atoms with Gasteiger partial charge in [-0.3, -0.25) is 9.59 Å². The maximum atomic E-state index is 12.3. The number of aromatic nitrogens is 1. The fourth-order valence-corrected chi connectivity index (χ4v) is 3.04. The quantitative estimate of drug-likeness (QED) is 0.868. The van der Waals surface area contributed by atoms with E-state index in [1.165, 1.54) is 18.7 Å². The summed E-state index contributed by atoms with van der Waals surface area (Å²) in [5.74, 6) is 0.404. The van der Waals surface area contributed by atoms with Gasteiger partial charge in [-0.1, -0.05) is 15.9 Å². The van der Waals surface area contributed by atoms with Crippen molar-refractivity contribution in [1.82, 2.24) is 9.88 Å². The van der Waals surface area contributed by atoms with Crippen LogP contribution in [0.4, 0.5) is 0 Å². The van der Waals surface area contributed by atoms with E-state index in [0.29, 0.717) is 5.92 Å². The Balaban J connectivity index is 2.09. The number of amides is 1. The number of halogens is 1. The molecule has 1 aromatic heterocycles. The van der Waals surface area contributed by atoms with Crippen molar-refractivity contribution >= 4 is 21.8 Å². The molecule has 1 aromatic rings. The molecule has 1 amide bonds. The van der Waals surface area contributed by atoms with Gasteiger partial charge in [0.25, 0.3) is 5.91 Å². The standard InChI is InChI=1S/C13H17BrN2O2/c14-5-3-10-2-1-7-16(9-10)13(18)11-8-15-6-4-12(11)17/h4,6,8,10H,1-3,5,7,9H2,(H,15,17). The van der Waals surface area contributed by atoms with Gasteiger partial charge < -0.3 is 9.88 Å². The molecule has 1 saturated heterocycles. The maximum absolute atomic E-state index is 12.3. The van der Waals surface area contributed by atoms with E-state index in [2.05, 4.69) is 20.9 Å². The smallest absolute Gasteiger partial charge is 0.259 e. The molecule has 0 radical (unpaired) electrons. The number of hydrogen-bond acceptors (Lipinski definition) is 2. The zero-order chi connectivity index (χ0) is 13.0. The van der Waals surface area contributed by atoms with E-state index >= 15 is 0 Å². The van der Waals surface area contributed by atoms with E-state index in [4.69, 9.17) is 0 Å². The number of hydrogen-bond donors (Lipinski definition) is 1. The minimum atomic E-state index is -0.207. The summed E-state index contributed by atoms with van der Waals surface area (Å²) < 4.78 is 0. The summed E-state index contributed by atoms with van der Waals surface area (Å²) in [5, 5.41) is 0.964. The van der Waals surface area contributed by atoms with Crippen molar-refractivity contribution in [3.8, 4) is 0 Å². The minimum absolute atomic E-state index is 0.142. The van der Waals surface area contributed by atoms with Gasteiger partial charge in [-0.25, -0.2) is 0 Å².